The summed E-state index contributed by atoms with van der Waals surface area (Å²) in [5.74, 6) is -0.460. The number of allylic oxidation sites excluding steroid dienone is 3. The summed E-state index contributed by atoms with van der Waals surface area (Å²) >= 11 is 5.87. The lowest BCUT2D eigenvalue weighted by Gasteiger charge is -2.23. The average Bonchev–Trinajstić information content (AvgIpc) is 3.15. The summed E-state index contributed by atoms with van der Waals surface area (Å²) in [6.07, 6.45) is 8.20. The fraction of sp³-hybridized carbons (Fsp3) is 0.200. The van der Waals surface area contributed by atoms with Crippen molar-refractivity contribution in [2.45, 2.75) is 24.9 Å². The molecule has 9 heteroatoms. The fourth-order valence-corrected chi connectivity index (χ4v) is 3.57. The average molecular weight is 410 g/mol. The topological polar surface area (TPSA) is 131 Å². The minimum Gasteiger partial charge on any atom is -0.382 e. The Morgan fingerprint density at radius 3 is 2.59 bits per heavy atom. The molecule has 8 nitrogen and oxygen atoms in total. The van der Waals surface area contributed by atoms with E-state index in [2.05, 4.69) is 43.8 Å². The Morgan fingerprint density at radius 1 is 1.10 bits per heavy atom. The molecule has 1 aliphatic heterocycles. The lowest BCUT2D eigenvalue weighted by Crippen LogP contribution is -2.31. The largest absolute Gasteiger partial charge is 0.382 e. The van der Waals surface area contributed by atoms with E-state index in [1.807, 2.05) is 30.3 Å². The smallest absolute Gasteiger partial charge is 0.302 e. The molecule has 6 N–H and O–H groups in total. The highest BCUT2D eigenvalue weighted by Gasteiger charge is 2.34. The van der Waals surface area contributed by atoms with Crippen LogP contribution < -0.4 is 22.1 Å². The quantitative estimate of drug-likeness (QED) is 0.611. The maximum absolute atomic E-state index is 12.6. The Balaban J connectivity index is 1.65. The van der Waals surface area contributed by atoms with Crippen molar-refractivity contribution < 1.29 is 4.79 Å². The van der Waals surface area contributed by atoms with E-state index in [9.17, 15) is 4.79 Å². The van der Waals surface area contributed by atoms with Crippen LogP contribution in [0.4, 0.5) is 11.6 Å². The highest BCUT2D eigenvalue weighted by atomic mass is 35.5. The van der Waals surface area contributed by atoms with Gasteiger partial charge in [-0.2, -0.15) is 4.99 Å². The lowest BCUT2D eigenvalue weighted by molar-refractivity contribution is 0.0998. The first-order valence-electron chi connectivity index (χ1n) is 9.18. The van der Waals surface area contributed by atoms with Crippen molar-refractivity contribution in [2.75, 3.05) is 11.5 Å². The number of anilines is 2. The number of rotatable bonds is 3. The Morgan fingerprint density at radius 2 is 1.86 bits per heavy atom. The molecule has 1 aromatic heterocycles. The van der Waals surface area contributed by atoms with Gasteiger partial charge in [0.15, 0.2) is 22.5 Å². The normalized spacial score (nSPS) is 22.1. The van der Waals surface area contributed by atoms with Gasteiger partial charge in [-0.05, 0) is 24.0 Å². The van der Waals surface area contributed by atoms with Crippen molar-refractivity contribution >= 4 is 35.1 Å². The zero-order chi connectivity index (χ0) is 20.4. The Bertz CT molecular complexity index is 1030. The first-order valence-corrected chi connectivity index (χ1v) is 9.56. The second kappa shape index (κ2) is 7.92. The number of guanidine groups is 1. The Labute approximate surface area is 172 Å². The molecule has 1 aromatic carbocycles. The maximum atomic E-state index is 12.6. The summed E-state index contributed by atoms with van der Waals surface area (Å²) in [7, 11) is 0. The van der Waals surface area contributed by atoms with E-state index >= 15 is 0 Å². The number of nitrogen functional groups attached to an aromatic ring is 2. The minimum absolute atomic E-state index is 0.0349. The molecule has 2 aromatic rings. The van der Waals surface area contributed by atoms with Crippen molar-refractivity contribution in [3.63, 3.8) is 0 Å². The summed E-state index contributed by atoms with van der Waals surface area (Å²) in [6.45, 7) is 0. The van der Waals surface area contributed by atoms with Crippen LogP contribution in [0.25, 0.3) is 0 Å². The van der Waals surface area contributed by atoms with Gasteiger partial charge < -0.3 is 22.1 Å². The summed E-state index contributed by atoms with van der Waals surface area (Å²) < 4.78 is 0. The van der Waals surface area contributed by atoms with E-state index in [0.29, 0.717) is 5.96 Å². The predicted octanol–water partition coefficient (Wildman–Crippen LogP) is 2.37. The highest BCUT2D eigenvalue weighted by molar-refractivity contribution is 6.31. The molecule has 148 valence electrons. The van der Waals surface area contributed by atoms with Crippen molar-refractivity contribution in [3.05, 3.63) is 70.5 Å². The molecule has 1 fully saturated rings. The molecule has 2 atom stereocenters. The van der Waals surface area contributed by atoms with Gasteiger partial charge in [0.1, 0.15) is 0 Å². The molecule has 29 heavy (non-hydrogen) atoms. The molecular weight excluding hydrogens is 390 g/mol. The van der Waals surface area contributed by atoms with Gasteiger partial charge in [-0.25, -0.2) is 9.97 Å². The van der Waals surface area contributed by atoms with Crippen LogP contribution in [-0.4, -0.2) is 27.9 Å². The van der Waals surface area contributed by atoms with E-state index in [0.717, 1.165) is 18.4 Å². The van der Waals surface area contributed by atoms with Gasteiger partial charge in [-0.15, -0.1) is 0 Å². The highest BCUT2D eigenvalue weighted by Crippen LogP contribution is 2.29. The standard InChI is InChI=1S/C20H20ClN7O/c21-16-18(23)27-17(22)15(24-16)19(29)28-20-25-13(11-7-3-1-4-8-11)14(26-20)12-9-5-2-6-10-12/h1-5,7-9,13-14H,6,10H2,(H4,22,23,27)(H2,25,26,28,29). The molecule has 1 amide bonds. The maximum Gasteiger partial charge on any atom is 0.302 e. The van der Waals surface area contributed by atoms with Gasteiger partial charge in [0.05, 0.1) is 12.1 Å². The first kappa shape index (κ1) is 18.9. The minimum atomic E-state index is -0.656. The van der Waals surface area contributed by atoms with Crippen LogP contribution in [0, 0.1) is 0 Å². The van der Waals surface area contributed by atoms with E-state index in [4.69, 9.17) is 23.1 Å². The van der Waals surface area contributed by atoms with E-state index in [1.54, 1.807) is 0 Å². The van der Waals surface area contributed by atoms with Gasteiger partial charge in [0.2, 0.25) is 5.96 Å². The number of benzene rings is 1. The first-order chi connectivity index (χ1) is 14.0. The van der Waals surface area contributed by atoms with Gasteiger partial charge >= 0.3 is 5.91 Å². The van der Waals surface area contributed by atoms with Gasteiger partial charge in [0, 0.05) is 0 Å². The van der Waals surface area contributed by atoms with Crippen LogP contribution in [0.5, 0.6) is 0 Å². The van der Waals surface area contributed by atoms with Crippen molar-refractivity contribution in [1.82, 2.24) is 20.6 Å². The lowest BCUT2D eigenvalue weighted by atomic mass is 9.90. The Kier molecular flexibility index (Phi) is 5.18. The molecular formula is C20H20ClN7O. The van der Waals surface area contributed by atoms with E-state index in [1.165, 1.54) is 5.57 Å². The molecule has 2 unspecified atom stereocenters. The number of carbonyl (C=O) groups excluding carboxylic acids is 1. The third-order valence-electron chi connectivity index (χ3n) is 4.84. The zero-order valence-corrected chi connectivity index (χ0v) is 16.2. The number of aromatic nitrogens is 2. The second-order valence-corrected chi connectivity index (χ2v) is 7.12. The van der Waals surface area contributed by atoms with Crippen molar-refractivity contribution in [3.8, 4) is 0 Å². The molecule has 1 saturated heterocycles. The number of halogens is 1. The van der Waals surface area contributed by atoms with E-state index in [-0.39, 0.29) is 34.6 Å². The molecule has 4 rings (SSSR count). The van der Waals surface area contributed by atoms with Crippen molar-refractivity contribution in [1.29, 1.82) is 0 Å². The van der Waals surface area contributed by atoms with Gasteiger partial charge in [-0.3, -0.25) is 4.79 Å². The molecule has 2 aliphatic rings. The summed E-state index contributed by atoms with van der Waals surface area (Å²) in [5, 5.41) is 6.54. The molecule has 0 saturated carbocycles. The number of hydrogen-bond donors (Lipinski definition) is 4. The predicted molar refractivity (Wildman–Crippen MR) is 113 cm³/mol. The molecule has 0 bridgehead atoms. The third kappa shape index (κ3) is 3.93. The number of nitrogens with two attached hydrogens (primary N) is 2. The number of carbonyl (C=O) groups is 1. The van der Waals surface area contributed by atoms with Crippen LogP contribution in [0.3, 0.4) is 0 Å². The van der Waals surface area contributed by atoms with Gasteiger partial charge in [0.25, 0.3) is 0 Å². The van der Waals surface area contributed by atoms with Crippen LogP contribution in [0.15, 0.2) is 59.1 Å². The number of hydrogen-bond acceptors (Lipinski definition) is 5. The van der Waals surface area contributed by atoms with E-state index < -0.39 is 5.91 Å². The molecule has 2 heterocycles. The summed E-state index contributed by atoms with van der Waals surface area (Å²) in [4.78, 5) is 24.5. The number of amides is 1. The van der Waals surface area contributed by atoms with Crippen LogP contribution in [-0.2, 0) is 0 Å². The van der Waals surface area contributed by atoms with Crippen molar-refractivity contribution in [2.24, 2.45) is 4.99 Å². The summed E-state index contributed by atoms with van der Waals surface area (Å²) in [6, 6.07) is 9.91. The van der Waals surface area contributed by atoms with Crippen LogP contribution >= 0.6 is 11.6 Å². The van der Waals surface area contributed by atoms with Gasteiger partial charge in [-0.1, -0.05) is 60.2 Å². The zero-order valence-electron chi connectivity index (χ0n) is 15.5. The third-order valence-corrected chi connectivity index (χ3v) is 5.12. The monoisotopic (exact) mass is 409 g/mol. The summed E-state index contributed by atoms with van der Waals surface area (Å²) in [5.41, 5.74) is 13.5. The van der Waals surface area contributed by atoms with Crippen LogP contribution in [0.1, 0.15) is 34.9 Å². The molecule has 0 radical (unpaired) electrons. The number of aliphatic imine (C=N–C) groups is 1. The Hall–Kier alpha value is -3.39. The fourth-order valence-electron chi connectivity index (χ4n) is 3.44. The SMILES string of the molecule is Nc1nc(N)c(C(=O)/N=C2\NC(C3=CC=CCC3)C(c3ccccc3)N2)nc1Cl. The number of nitrogens with one attached hydrogen (secondary N) is 2. The van der Waals surface area contributed by atoms with Crippen LogP contribution in [0.2, 0.25) is 5.15 Å². The second-order valence-electron chi connectivity index (χ2n) is 6.76. The molecule has 1 aliphatic carbocycles. The molecule has 0 spiro atoms. The number of nitrogens with zero attached hydrogens (tertiary/aromatic N) is 3.